The zero-order valence-corrected chi connectivity index (χ0v) is 35.0. The smallest absolute Gasteiger partial charge is 0.136 e. The van der Waals surface area contributed by atoms with Gasteiger partial charge in [-0.05, 0) is 102 Å². The van der Waals surface area contributed by atoms with Gasteiger partial charge < -0.3 is 9.32 Å². The summed E-state index contributed by atoms with van der Waals surface area (Å²) >= 11 is 0. The maximum Gasteiger partial charge on any atom is 0.136 e. The quantitative estimate of drug-likeness (QED) is 0.152. The van der Waals surface area contributed by atoms with Gasteiger partial charge in [0, 0.05) is 27.6 Å². The lowest BCUT2D eigenvalue weighted by atomic mass is 9.89. The normalized spacial score (nSPS) is 11.4. The predicted octanol–water partition coefficient (Wildman–Crippen LogP) is 17.7. The van der Waals surface area contributed by atoms with E-state index in [0.717, 1.165) is 61.3 Å². The predicted molar refractivity (Wildman–Crippen MR) is 271 cm³/mol. The molecular weight excluding hydrogens is 775 g/mol. The standard InChI is InChI=1S/C62H41NO/c1-3-18-42(19-4-1)48-29-13-22-45-24-15-32-53(60(45)48)51-26-7-10-34-56(51)63(47-40-38-44(39-41-47)50-31-17-37-59-62(50)55-28-9-12-36-58(55)64-59)57-35-11-8-27-52(57)54-33-16-25-46-23-14-30-49(61(46)54)43-20-5-2-6-21-43/h1-41H. The molecule has 2 heteroatoms. The first-order valence-electron chi connectivity index (χ1n) is 21.9. The van der Waals surface area contributed by atoms with Crippen molar-refractivity contribution < 1.29 is 4.42 Å². The molecule has 0 amide bonds. The van der Waals surface area contributed by atoms with E-state index < -0.39 is 0 Å². The molecule has 0 spiro atoms. The summed E-state index contributed by atoms with van der Waals surface area (Å²) in [5.74, 6) is 0. The molecule has 0 aliphatic carbocycles. The van der Waals surface area contributed by atoms with E-state index in [-0.39, 0.29) is 0 Å². The number of hydrogen-bond donors (Lipinski definition) is 0. The van der Waals surface area contributed by atoms with Crippen LogP contribution in [0, 0.1) is 0 Å². The molecule has 12 aromatic rings. The molecule has 64 heavy (non-hydrogen) atoms. The summed E-state index contributed by atoms with van der Waals surface area (Å²) < 4.78 is 6.33. The van der Waals surface area contributed by atoms with E-state index in [9.17, 15) is 0 Å². The van der Waals surface area contributed by atoms with Gasteiger partial charge in [-0.25, -0.2) is 0 Å². The number of benzene rings is 11. The van der Waals surface area contributed by atoms with Crippen LogP contribution in [0.3, 0.4) is 0 Å². The second-order valence-corrected chi connectivity index (χ2v) is 16.3. The van der Waals surface area contributed by atoms with Gasteiger partial charge in [-0.1, -0.05) is 212 Å². The molecule has 0 bridgehead atoms. The van der Waals surface area contributed by atoms with E-state index in [4.69, 9.17) is 4.42 Å². The fourth-order valence-corrected chi connectivity index (χ4v) is 9.85. The van der Waals surface area contributed by atoms with Crippen molar-refractivity contribution in [1.29, 1.82) is 0 Å². The molecule has 0 fully saturated rings. The SMILES string of the molecule is c1ccc(-c2cccc3cccc(-c4ccccc4N(c4ccc(-c5cccc6oc7ccccc7c56)cc4)c4ccccc4-c4cccc5cccc(-c6ccccc6)c45)c23)cc1. The van der Waals surface area contributed by atoms with Crippen molar-refractivity contribution in [3.05, 3.63) is 249 Å². The highest BCUT2D eigenvalue weighted by Crippen LogP contribution is 2.49. The van der Waals surface area contributed by atoms with Crippen molar-refractivity contribution >= 4 is 60.5 Å². The van der Waals surface area contributed by atoms with Gasteiger partial charge in [0.25, 0.3) is 0 Å². The van der Waals surface area contributed by atoms with Gasteiger partial charge in [-0.2, -0.15) is 0 Å². The zero-order chi connectivity index (χ0) is 42.4. The Kier molecular flexibility index (Phi) is 9.20. The monoisotopic (exact) mass is 815 g/mol. The summed E-state index contributed by atoms with van der Waals surface area (Å²) in [4.78, 5) is 2.47. The Morgan fingerprint density at radius 1 is 0.250 bits per heavy atom. The van der Waals surface area contributed by atoms with Gasteiger partial charge in [0.05, 0.1) is 11.4 Å². The third kappa shape index (κ3) is 6.35. The third-order valence-corrected chi connectivity index (χ3v) is 12.7. The van der Waals surface area contributed by atoms with Gasteiger partial charge in [0.15, 0.2) is 0 Å². The van der Waals surface area contributed by atoms with Crippen molar-refractivity contribution in [3.63, 3.8) is 0 Å². The molecule has 0 aliphatic heterocycles. The first-order valence-corrected chi connectivity index (χ1v) is 21.9. The molecule has 11 aromatic carbocycles. The minimum absolute atomic E-state index is 0.891. The lowest BCUT2D eigenvalue weighted by Gasteiger charge is -2.30. The lowest BCUT2D eigenvalue weighted by molar-refractivity contribution is 0.669. The molecule has 300 valence electrons. The van der Waals surface area contributed by atoms with E-state index in [0.29, 0.717) is 0 Å². The number of nitrogens with zero attached hydrogens (tertiary/aromatic N) is 1. The number of para-hydroxylation sites is 3. The number of anilines is 3. The maximum atomic E-state index is 6.33. The second-order valence-electron chi connectivity index (χ2n) is 16.3. The summed E-state index contributed by atoms with van der Waals surface area (Å²) in [7, 11) is 0. The highest BCUT2D eigenvalue weighted by Gasteiger charge is 2.24. The first-order chi connectivity index (χ1) is 31.8. The molecule has 0 aliphatic rings. The molecule has 0 atom stereocenters. The average Bonchev–Trinajstić information content (AvgIpc) is 3.76. The average molecular weight is 816 g/mol. The first kappa shape index (κ1) is 37.3. The van der Waals surface area contributed by atoms with Crippen LogP contribution in [0.15, 0.2) is 253 Å². The Bertz CT molecular complexity index is 3480. The van der Waals surface area contributed by atoms with Crippen LogP contribution in [0.25, 0.3) is 99.1 Å². The largest absolute Gasteiger partial charge is 0.456 e. The Hall–Kier alpha value is -8.46. The van der Waals surface area contributed by atoms with Crippen molar-refractivity contribution in [1.82, 2.24) is 0 Å². The van der Waals surface area contributed by atoms with Gasteiger partial charge in [-0.15, -0.1) is 0 Å². The Morgan fingerprint density at radius 3 is 1.19 bits per heavy atom. The summed E-state index contributed by atoms with van der Waals surface area (Å²) in [5, 5.41) is 7.12. The van der Waals surface area contributed by atoms with Crippen LogP contribution in [0.4, 0.5) is 17.1 Å². The summed E-state index contributed by atoms with van der Waals surface area (Å²) in [6.45, 7) is 0. The van der Waals surface area contributed by atoms with E-state index in [1.807, 2.05) is 12.1 Å². The minimum atomic E-state index is 0.891. The van der Waals surface area contributed by atoms with Crippen LogP contribution in [-0.4, -0.2) is 0 Å². The van der Waals surface area contributed by atoms with Gasteiger partial charge in [0.1, 0.15) is 11.2 Å². The fourth-order valence-electron chi connectivity index (χ4n) is 9.85. The van der Waals surface area contributed by atoms with Crippen LogP contribution in [0.2, 0.25) is 0 Å². The molecule has 0 radical (unpaired) electrons. The van der Waals surface area contributed by atoms with Gasteiger partial charge >= 0.3 is 0 Å². The van der Waals surface area contributed by atoms with Gasteiger partial charge in [0.2, 0.25) is 0 Å². The van der Waals surface area contributed by atoms with E-state index >= 15 is 0 Å². The minimum Gasteiger partial charge on any atom is -0.456 e. The zero-order valence-electron chi connectivity index (χ0n) is 35.0. The molecular formula is C62H41NO. The molecule has 2 nitrogen and oxygen atoms in total. The van der Waals surface area contributed by atoms with Crippen molar-refractivity contribution in [2.45, 2.75) is 0 Å². The highest BCUT2D eigenvalue weighted by atomic mass is 16.3. The fraction of sp³-hybridized carbons (Fsp3) is 0. The number of rotatable bonds is 8. The molecule has 0 unspecified atom stereocenters. The molecule has 0 saturated carbocycles. The lowest BCUT2D eigenvalue weighted by Crippen LogP contribution is -2.12. The van der Waals surface area contributed by atoms with E-state index in [1.54, 1.807) is 0 Å². The van der Waals surface area contributed by atoms with Crippen LogP contribution in [0.5, 0.6) is 0 Å². The number of hydrogen-bond acceptors (Lipinski definition) is 2. The number of furan rings is 1. The van der Waals surface area contributed by atoms with E-state index in [1.165, 1.54) is 54.9 Å². The summed E-state index contributed by atoms with van der Waals surface area (Å²) in [6.07, 6.45) is 0. The molecule has 12 rings (SSSR count). The van der Waals surface area contributed by atoms with E-state index in [2.05, 4.69) is 241 Å². The molecule has 1 heterocycles. The topological polar surface area (TPSA) is 16.4 Å². The summed E-state index contributed by atoms with van der Waals surface area (Å²) in [5.41, 5.74) is 16.8. The molecule has 0 saturated heterocycles. The second kappa shape index (κ2) is 15.8. The molecule has 1 aromatic heterocycles. The Labute approximate surface area is 372 Å². The molecule has 0 N–H and O–H groups in total. The van der Waals surface area contributed by atoms with Gasteiger partial charge in [-0.3, -0.25) is 0 Å². The number of fused-ring (bicyclic) bond motifs is 5. The Morgan fingerprint density at radius 2 is 0.641 bits per heavy atom. The van der Waals surface area contributed by atoms with Crippen LogP contribution < -0.4 is 4.90 Å². The summed E-state index contributed by atoms with van der Waals surface area (Å²) in [6, 6.07) is 89.8. The van der Waals surface area contributed by atoms with Crippen LogP contribution in [-0.2, 0) is 0 Å². The van der Waals surface area contributed by atoms with Crippen LogP contribution >= 0.6 is 0 Å². The highest BCUT2D eigenvalue weighted by molar-refractivity contribution is 6.14. The third-order valence-electron chi connectivity index (χ3n) is 12.7. The maximum absolute atomic E-state index is 6.33. The Balaban J connectivity index is 1.11. The van der Waals surface area contributed by atoms with Crippen molar-refractivity contribution in [2.75, 3.05) is 4.90 Å². The van der Waals surface area contributed by atoms with Crippen LogP contribution in [0.1, 0.15) is 0 Å². The van der Waals surface area contributed by atoms with Crippen molar-refractivity contribution in [2.24, 2.45) is 0 Å². The van der Waals surface area contributed by atoms with Crippen molar-refractivity contribution in [3.8, 4) is 55.6 Å².